The second-order valence-corrected chi connectivity index (χ2v) is 3.55. The number of nitrogens with zero attached hydrogens (tertiary/aromatic N) is 1. The molecule has 0 aliphatic carbocycles. The topological polar surface area (TPSA) is 52.9 Å². The van der Waals surface area contributed by atoms with Crippen molar-refractivity contribution in [1.82, 2.24) is 5.32 Å². The quantitative estimate of drug-likeness (QED) is 0.706. The molecule has 0 aliphatic rings. The molecule has 0 saturated carbocycles. The number of hydrogen-bond acceptors (Lipinski definition) is 2. The maximum atomic E-state index is 11.2. The Morgan fingerprint density at radius 2 is 2.15 bits per heavy atom. The highest BCUT2D eigenvalue weighted by atomic mass is 16.1. The minimum atomic E-state index is -0.166. The van der Waals surface area contributed by atoms with Crippen LogP contribution in [0.3, 0.4) is 0 Å². The van der Waals surface area contributed by atoms with Gasteiger partial charge in [0.05, 0.1) is 6.07 Å². The molecule has 1 atom stereocenters. The Bertz CT molecular complexity index is 207. The third kappa shape index (κ3) is 4.51. The SMILES string of the molecule is CCCC(C)(CC)NC(=O)CC#N. The first-order valence-electron chi connectivity index (χ1n) is 4.76. The van der Waals surface area contributed by atoms with E-state index in [0.29, 0.717) is 0 Å². The van der Waals surface area contributed by atoms with Gasteiger partial charge in [-0.3, -0.25) is 4.79 Å². The lowest BCUT2D eigenvalue weighted by Crippen LogP contribution is -2.45. The molecule has 0 aromatic rings. The van der Waals surface area contributed by atoms with Crippen molar-refractivity contribution in [3.8, 4) is 6.07 Å². The van der Waals surface area contributed by atoms with E-state index in [4.69, 9.17) is 5.26 Å². The first-order chi connectivity index (χ1) is 6.08. The van der Waals surface area contributed by atoms with E-state index in [2.05, 4.69) is 12.2 Å². The van der Waals surface area contributed by atoms with E-state index in [-0.39, 0.29) is 17.9 Å². The van der Waals surface area contributed by atoms with Crippen molar-refractivity contribution in [2.24, 2.45) is 0 Å². The Kier molecular flexibility index (Phi) is 5.13. The van der Waals surface area contributed by atoms with Crippen LogP contribution < -0.4 is 5.32 Å². The first kappa shape index (κ1) is 12.0. The van der Waals surface area contributed by atoms with Gasteiger partial charge in [0.2, 0.25) is 5.91 Å². The number of carbonyl (C=O) groups excluding carboxylic acids is 1. The summed E-state index contributed by atoms with van der Waals surface area (Å²) in [4.78, 5) is 11.2. The standard InChI is InChI=1S/C10H18N2O/c1-4-7-10(3,5-2)12-9(13)6-8-11/h4-7H2,1-3H3,(H,12,13). The molecule has 3 heteroatoms. The Morgan fingerprint density at radius 1 is 1.54 bits per heavy atom. The highest BCUT2D eigenvalue weighted by Crippen LogP contribution is 2.16. The average Bonchev–Trinajstić information content (AvgIpc) is 2.05. The van der Waals surface area contributed by atoms with Gasteiger partial charge in [-0.2, -0.15) is 5.26 Å². The second-order valence-electron chi connectivity index (χ2n) is 3.55. The van der Waals surface area contributed by atoms with E-state index in [0.717, 1.165) is 19.3 Å². The zero-order chi connectivity index (χ0) is 10.3. The predicted molar refractivity (Wildman–Crippen MR) is 52.0 cm³/mol. The molecule has 1 unspecified atom stereocenters. The molecule has 0 aromatic carbocycles. The van der Waals surface area contributed by atoms with Crippen molar-refractivity contribution in [2.75, 3.05) is 0 Å². The smallest absolute Gasteiger partial charge is 0.234 e. The van der Waals surface area contributed by atoms with Crippen molar-refractivity contribution in [1.29, 1.82) is 5.26 Å². The summed E-state index contributed by atoms with van der Waals surface area (Å²) in [7, 11) is 0. The Hall–Kier alpha value is -1.04. The van der Waals surface area contributed by atoms with Crippen molar-refractivity contribution in [3.05, 3.63) is 0 Å². The van der Waals surface area contributed by atoms with Crippen LogP contribution >= 0.6 is 0 Å². The summed E-state index contributed by atoms with van der Waals surface area (Å²) < 4.78 is 0. The van der Waals surface area contributed by atoms with Gasteiger partial charge in [-0.15, -0.1) is 0 Å². The number of amides is 1. The normalized spacial score (nSPS) is 14.3. The van der Waals surface area contributed by atoms with Crippen molar-refractivity contribution >= 4 is 5.91 Å². The van der Waals surface area contributed by atoms with Crippen LogP contribution in [0.2, 0.25) is 0 Å². The third-order valence-electron chi connectivity index (χ3n) is 2.26. The molecule has 0 fully saturated rings. The number of carbonyl (C=O) groups is 1. The van der Waals surface area contributed by atoms with Crippen molar-refractivity contribution < 1.29 is 4.79 Å². The molecular formula is C10H18N2O. The van der Waals surface area contributed by atoms with Gasteiger partial charge < -0.3 is 5.32 Å². The molecule has 3 nitrogen and oxygen atoms in total. The average molecular weight is 182 g/mol. The molecule has 0 rings (SSSR count). The maximum absolute atomic E-state index is 11.2. The minimum absolute atomic E-state index is 0.0424. The van der Waals surface area contributed by atoms with Crippen LogP contribution in [-0.4, -0.2) is 11.4 Å². The zero-order valence-electron chi connectivity index (χ0n) is 8.68. The number of hydrogen-bond donors (Lipinski definition) is 1. The minimum Gasteiger partial charge on any atom is -0.350 e. The van der Waals surface area contributed by atoms with E-state index >= 15 is 0 Å². The van der Waals surface area contributed by atoms with Crippen LogP contribution in [-0.2, 0) is 4.79 Å². The summed E-state index contributed by atoms with van der Waals surface area (Å²) >= 11 is 0. The van der Waals surface area contributed by atoms with Gasteiger partial charge in [0.25, 0.3) is 0 Å². The summed E-state index contributed by atoms with van der Waals surface area (Å²) in [6.45, 7) is 6.15. The van der Waals surface area contributed by atoms with Gasteiger partial charge >= 0.3 is 0 Å². The van der Waals surface area contributed by atoms with E-state index in [9.17, 15) is 4.79 Å². The highest BCUT2D eigenvalue weighted by Gasteiger charge is 2.22. The maximum Gasteiger partial charge on any atom is 0.234 e. The van der Waals surface area contributed by atoms with Crippen LogP contribution in [0.25, 0.3) is 0 Å². The lowest BCUT2D eigenvalue weighted by Gasteiger charge is -2.28. The molecule has 13 heavy (non-hydrogen) atoms. The van der Waals surface area contributed by atoms with Crippen molar-refractivity contribution in [2.45, 2.75) is 52.0 Å². The fourth-order valence-electron chi connectivity index (χ4n) is 1.33. The van der Waals surface area contributed by atoms with Gasteiger partial charge in [-0.25, -0.2) is 0 Å². The fourth-order valence-corrected chi connectivity index (χ4v) is 1.33. The van der Waals surface area contributed by atoms with Crippen LogP contribution in [0.15, 0.2) is 0 Å². The highest BCUT2D eigenvalue weighted by molar-refractivity contribution is 5.78. The van der Waals surface area contributed by atoms with Gasteiger partial charge in [-0.1, -0.05) is 20.3 Å². The Morgan fingerprint density at radius 3 is 2.54 bits per heavy atom. The van der Waals surface area contributed by atoms with E-state index in [1.165, 1.54) is 0 Å². The summed E-state index contributed by atoms with van der Waals surface area (Å²) in [5.41, 5.74) is -0.136. The van der Waals surface area contributed by atoms with Gasteiger partial charge in [0.1, 0.15) is 6.42 Å². The molecule has 0 spiro atoms. The fraction of sp³-hybridized carbons (Fsp3) is 0.800. The number of nitriles is 1. The van der Waals surface area contributed by atoms with E-state index in [1.54, 1.807) is 0 Å². The van der Waals surface area contributed by atoms with Crippen LogP contribution in [0.4, 0.5) is 0 Å². The van der Waals surface area contributed by atoms with Crippen LogP contribution in [0.1, 0.15) is 46.5 Å². The van der Waals surface area contributed by atoms with Crippen molar-refractivity contribution in [3.63, 3.8) is 0 Å². The molecule has 74 valence electrons. The lowest BCUT2D eigenvalue weighted by atomic mass is 9.93. The lowest BCUT2D eigenvalue weighted by molar-refractivity contribution is -0.122. The number of rotatable bonds is 5. The Labute approximate surface area is 80.1 Å². The Balaban J connectivity index is 4.11. The zero-order valence-corrected chi connectivity index (χ0v) is 8.68. The molecule has 0 bridgehead atoms. The third-order valence-corrected chi connectivity index (χ3v) is 2.26. The molecule has 0 aliphatic heterocycles. The molecule has 0 radical (unpaired) electrons. The molecule has 0 aromatic heterocycles. The van der Waals surface area contributed by atoms with E-state index < -0.39 is 0 Å². The van der Waals surface area contributed by atoms with Crippen LogP contribution in [0.5, 0.6) is 0 Å². The summed E-state index contributed by atoms with van der Waals surface area (Å²) in [5, 5.41) is 11.2. The monoisotopic (exact) mass is 182 g/mol. The van der Waals surface area contributed by atoms with Gasteiger partial charge in [0.15, 0.2) is 0 Å². The first-order valence-corrected chi connectivity index (χ1v) is 4.76. The molecule has 1 N–H and O–H groups in total. The summed E-state index contributed by atoms with van der Waals surface area (Å²) in [5.74, 6) is -0.166. The molecule has 0 heterocycles. The number of nitrogens with one attached hydrogen (secondary N) is 1. The molecule has 1 amide bonds. The largest absolute Gasteiger partial charge is 0.350 e. The van der Waals surface area contributed by atoms with Gasteiger partial charge in [0, 0.05) is 5.54 Å². The second kappa shape index (κ2) is 5.58. The van der Waals surface area contributed by atoms with Crippen LogP contribution in [0, 0.1) is 11.3 Å². The molecule has 0 saturated heterocycles. The van der Waals surface area contributed by atoms with Gasteiger partial charge in [-0.05, 0) is 19.8 Å². The predicted octanol–water partition coefficient (Wildman–Crippen LogP) is 1.99. The summed E-state index contributed by atoms with van der Waals surface area (Å²) in [6, 6.07) is 1.84. The molecular weight excluding hydrogens is 164 g/mol. The summed E-state index contributed by atoms with van der Waals surface area (Å²) in [6.07, 6.45) is 2.86. The van der Waals surface area contributed by atoms with E-state index in [1.807, 2.05) is 19.9 Å².